The van der Waals surface area contributed by atoms with Crippen molar-refractivity contribution in [2.45, 2.75) is 53.1 Å². The standard InChI is InChI=1S/C12H21N3S3/c1-4-13-9-6-5-8(2)7-10(9)17-12-15-14-11(16-3)18-12/h8-10,13H,4-7H2,1-3H3. The van der Waals surface area contributed by atoms with Gasteiger partial charge in [0.1, 0.15) is 0 Å². The van der Waals surface area contributed by atoms with Crippen molar-refractivity contribution in [1.29, 1.82) is 0 Å². The van der Waals surface area contributed by atoms with E-state index in [9.17, 15) is 0 Å². The molecule has 18 heavy (non-hydrogen) atoms. The number of nitrogens with zero attached hydrogens (tertiary/aromatic N) is 2. The highest BCUT2D eigenvalue weighted by molar-refractivity contribution is 8.03. The van der Waals surface area contributed by atoms with E-state index < -0.39 is 0 Å². The first kappa shape index (κ1) is 14.6. The molecule has 1 aromatic heterocycles. The van der Waals surface area contributed by atoms with Crippen LogP contribution < -0.4 is 5.32 Å². The highest BCUT2D eigenvalue weighted by Crippen LogP contribution is 2.38. The second-order valence-corrected chi connectivity index (χ2v) is 8.29. The van der Waals surface area contributed by atoms with Crippen molar-refractivity contribution in [3.05, 3.63) is 0 Å². The first-order chi connectivity index (χ1) is 8.72. The fraction of sp³-hybridized carbons (Fsp3) is 0.833. The molecule has 1 fully saturated rings. The summed E-state index contributed by atoms with van der Waals surface area (Å²) in [6.07, 6.45) is 5.98. The fourth-order valence-electron chi connectivity index (χ4n) is 2.41. The zero-order valence-corrected chi connectivity index (χ0v) is 13.6. The summed E-state index contributed by atoms with van der Waals surface area (Å²) in [6.45, 7) is 5.61. The zero-order chi connectivity index (χ0) is 13.0. The predicted molar refractivity (Wildman–Crippen MR) is 81.8 cm³/mol. The maximum atomic E-state index is 4.28. The molecule has 0 aromatic carbocycles. The zero-order valence-electron chi connectivity index (χ0n) is 11.2. The van der Waals surface area contributed by atoms with Gasteiger partial charge in [0.25, 0.3) is 0 Å². The van der Waals surface area contributed by atoms with Gasteiger partial charge in [-0.3, -0.25) is 0 Å². The molecule has 3 nitrogen and oxygen atoms in total. The minimum atomic E-state index is 0.637. The highest BCUT2D eigenvalue weighted by atomic mass is 32.2. The minimum absolute atomic E-state index is 0.637. The van der Waals surface area contributed by atoms with Crippen LogP contribution in [0.1, 0.15) is 33.1 Å². The van der Waals surface area contributed by atoms with Crippen molar-refractivity contribution >= 4 is 34.9 Å². The quantitative estimate of drug-likeness (QED) is 0.843. The van der Waals surface area contributed by atoms with E-state index in [1.54, 1.807) is 23.1 Å². The van der Waals surface area contributed by atoms with Crippen molar-refractivity contribution < 1.29 is 0 Å². The van der Waals surface area contributed by atoms with Gasteiger partial charge in [-0.15, -0.1) is 10.2 Å². The van der Waals surface area contributed by atoms with Gasteiger partial charge in [0.05, 0.1) is 0 Å². The van der Waals surface area contributed by atoms with Crippen LogP contribution in [0.3, 0.4) is 0 Å². The number of nitrogens with one attached hydrogen (secondary N) is 1. The molecule has 6 heteroatoms. The molecule has 3 unspecified atom stereocenters. The van der Waals surface area contributed by atoms with Gasteiger partial charge >= 0.3 is 0 Å². The van der Waals surface area contributed by atoms with E-state index >= 15 is 0 Å². The van der Waals surface area contributed by atoms with Gasteiger partial charge in [0.15, 0.2) is 8.68 Å². The maximum Gasteiger partial charge on any atom is 0.175 e. The largest absolute Gasteiger partial charge is 0.313 e. The maximum absolute atomic E-state index is 4.28. The number of rotatable bonds is 5. The van der Waals surface area contributed by atoms with Crippen molar-refractivity contribution in [2.75, 3.05) is 12.8 Å². The molecule has 1 aromatic rings. The summed E-state index contributed by atoms with van der Waals surface area (Å²) in [4.78, 5) is 0. The van der Waals surface area contributed by atoms with Crippen LogP contribution in [0, 0.1) is 5.92 Å². The van der Waals surface area contributed by atoms with Gasteiger partial charge in [-0.25, -0.2) is 0 Å². The lowest BCUT2D eigenvalue weighted by molar-refractivity contribution is 0.320. The number of aromatic nitrogens is 2. The predicted octanol–water partition coefficient (Wildman–Crippen LogP) is 3.52. The van der Waals surface area contributed by atoms with Gasteiger partial charge in [-0.05, 0) is 38.0 Å². The summed E-state index contributed by atoms with van der Waals surface area (Å²) in [5.74, 6) is 0.838. The molecular weight excluding hydrogens is 282 g/mol. The summed E-state index contributed by atoms with van der Waals surface area (Å²) >= 11 is 5.32. The normalized spacial score (nSPS) is 28.5. The lowest BCUT2D eigenvalue weighted by Crippen LogP contribution is -2.42. The van der Waals surface area contributed by atoms with Crippen LogP contribution in [-0.4, -0.2) is 34.3 Å². The second kappa shape index (κ2) is 7.12. The SMILES string of the molecule is CCNC1CCC(C)CC1Sc1nnc(SC)s1. The molecule has 0 spiro atoms. The van der Waals surface area contributed by atoms with E-state index in [4.69, 9.17) is 0 Å². The number of hydrogen-bond acceptors (Lipinski definition) is 6. The van der Waals surface area contributed by atoms with Crippen LogP contribution in [0.25, 0.3) is 0 Å². The van der Waals surface area contributed by atoms with E-state index in [1.165, 1.54) is 19.3 Å². The summed E-state index contributed by atoms with van der Waals surface area (Å²) in [7, 11) is 0. The second-order valence-electron chi connectivity index (χ2n) is 4.78. The molecule has 0 radical (unpaired) electrons. The Bertz CT molecular complexity index is 369. The molecule has 3 atom stereocenters. The molecule has 1 aliphatic rings. The Morgan fingerprint density at radius 3 is 2.78 bits per heavy atom. The van der Waals surface area contributed by atoms with Gasteiger partial charge in [0, 0.05) is 11.3 Å². The lowest BCUT2D eigenvalue weighted by atomic mass is 9.87. The van der Waals surface area contributed by atoms with E-state index in [0.717, 1.165) is 21.1 Å². The van der Waals surface area contributed by atoms with Crippen LogP contribution >= 0.6 is 34.9 Å². The Morgan fingerprint density at radius 2 is 2.11 bits per heavy atom. The molecule has 0 amide bonds. The van der Waals surface area contributed by atoms with Crippen LogP contribution in [0.5, 0.6) is 0 Å². The van der Waals surface area contributed by atoms with Crippen molar-refractivity contribution in [3.8, 4) is 0 Å². The molecular formula is C12H21N3S3. The third-order valence-electron chi connectivity index (χ3n) is 3.33. The number of thioether (sulfide) groups is 2. The van der Waals surface area contributed by atoms with Crippen LogP contribution in [0.2, 0.25) is 0 Å². The van der Waals surface area contributed by atoms with Crippen molar-refractivity contribution in [1.82, 2.24) is 15.5 Å². The van der Waals surface area contributed by atoms with Crippen LogP contribution in [0.15, 0.2) is 8.68 Å². The molecule has 102 valence electrons. The molecule has 1 heterocycles. The van der Waals surface area contributed by atoms with Crippen molar-refractivity contribution in [2.24, 2.45) is 5.92 Å². The highest BCUT2D eigenvalue weighted by Gasteiger charge is 2.29. The van der Waals surface area contributed by atoms with Gasteiger partial charge < -0.3 is 5.32 Å². The van der Waals surface area contributed by atoms with Crippen LogP contribution in [-0.2, 0) is 0 Å². The van der Waals surface area contributed by atoms with E-state index in [-0.39, 0.29) is 0 Å². The summed E-state index contributed by atoms with van der Waals surface area (Å²) < 4.78 is 2.20. The van der Waals surface area contributed by atoms with E-state index in [1.807, 2.05) is 11.8 Å². The third kappa shape index (κ3) is 3.85. The Hall–Kier alpha value is 0.220. The van der Waals surface area contributed by atoms with E-state index in [2.05, 4.69) is 35.6 Å². The third-order valence-corrected chi connectivity index (χ3v) is 6.67. The Balaban J connectivity index is 1.99. The first-order valence-electron chi connectivity index (χ1n) is 6.50. The molecule has 0 bridgehead atoms. The minimum Gasteiger partial charge on any atom is -0.313 e. The molecule has 1 aliphatic carbocycles. The number of hydrogen-bond donors (Lipinski definition) is 1. The van der Waals surface area contributed by atoms with Gasteiger partial charge in [-0.1, -0.05) is 48.7 Å². The summed E-state index contributed by atoms with van der Waals surface area (Å²) in [5.41, 5.74) is 0. The smallest absolute Gasteiger partial charge is 0.175 e. The molecule has 1 N–H and O–H groups in total. The summed E-state index contributed by atoms with van der Waals surface area (Å²) in [6, 6.07) is 0.637. The average Bonchev–Trinajstić information content (AvgIpc) is 2.80. The van der Waals surface area contributed by atoms with Gasteiger partial charge in [-0.2, -0.15) is 0 Å². The van der Waals surface area contributed by atoms with E-state index in [0.29, 0.717) is 11.3 Å². The van der Waals surface area contributed by atoms with Crippen LogP contribution in [0.4, 0.5) is 0 Å². The molecule has 0 aliphatic heterocycles. The fourth-order valence-corrected chi connectivity index (χ4v) is 5.54. The molecule has 1 saturated carbocycles. The molecule has 0 saturated heterocycles. The topological polar surface area (TPSA) is 37.8 Å². The van der Waals surface area contributed by atoms with Gasteiger partial charge in [0.2, 0.25) is 0 Å². The average molecular weight is 304 g/mol. The lowest BCUT2D eigenvalue weighted by Gasteiger charge is -2.34. The monoisotopic (exact) mass is 303 g/mol. The van der Waals surface area contributed by atoms with Crippen molar-refractivity contribution in [3.63, 3.8) is 0 Å². The first-order valence-corrected chi connectivity index (χ1v) is 9.42. The Kier molecular flexibility index (Phi) is 5.79. The summed E-state index contributed by atoms with van der Waals surface area (Å²) in [5, 5.41) is 12.7. The molecule has 2 rings (SSSR count). The Morgan fingerprint density at radius 1 is 1.33 bits per heavy atom. The Labute approximate surface area is 122 Å².